The molecule has 0 atom stereocenters. The van der Waals surface area contributed by atoms with Crippen LogP contribution in [0.4, 0.5) is 4.79 Å². The molecule has 2 heterocycles. The molecule has 3 amide bonds. The van der Waals surface area contributed by atoms with Gasteiger partial charge in [-0.05, 0) is 64.4 Å². The van der Waals surface area contributed by atoms with Gasteiger partial charge >= 0.3 is 6.03 Å². The molecule has 9 heteroatoms. The van der Waals surface area contributed by atoms with Crippen LogP contribution in [0.2, 0.25) is 0 Å². The van der Waals surface area contributed by atoms with Gasteiger partial charge in [0.15, 0.2) is 5.16 Å². The monoisotopic (exact) mass is 464 g/mol. The van der Waals surface area contributed by atoms with Crippen LogP contribution in [0.3, 0.4) is 0 Å². The van der Waals surface area contributed by atoms with Crippen LogP contribution in [0.15, 0.2) is 9.95 Å². The van der Waals surface area contributed by atoms with E-state index in [4.69, 9.17) is 4.98 Å². The van der Waals surface area contributed by atoms with Crippen molar-refractivity contribution in [3.05, 3.63) is 20.8 Å². The van der Waals surface area contributed by atoms with Crippen LogP contribution in [0, 0.1) is 5.92 Å². The molecule has 31 heavy (non-hydrogen) atoms. The molecule has 0 unspecified atom stereocenters. The first-order valence-electron chi connectivity index (χ1n) is 10.8. The summed E-state index contributed by atoms with van der Waals surface area (Å²) in [7, 11) is 0. The summed E-state index contributed by atoms with van der Waals surface area (Å²) in [4.78, 5) is 44.5. The molecule has 2 aromatic heterocycles. The van der Waals surface area contributed by atoms with Crippen molar-refractivity contribution in [2.45, 2.75) is 84.0 Å². The molecule has 2 N–H and O–H groups in total. The van der Waals surface area contributed by atoms with Gasteiger partial charge in [0.25, 0.3) is 5.56 Å². The van der Waals surface area contributed by atoms with Crippen molar-refractivity contribution in [2.75, 3.05) is 5.75 Å². The Balaban J connectivity index is 1.84. The molecule has 0 saturated carbocycles. The van der Waals surface area contributed by atoms with E-state index in [2.05, 4.69) is 24.5 Å². The maximum absolute atomic E-state index is 13.4. The molecule has 7 nitrogen and oxygen atoms in total. The maximum Gasteiger partial charge on any atom is 0.321 e. The highest BCUT2D eigenvalue weighted by molar-refractivity contribution is 7.99. The van der Waals surface area contributed by atoms with Crippen molar-refractivity contribution in [2.24, 2.45) is 5.92 Å². The Morgan fingerprint density at radius 3 is 2.61 bits per heavy atom. The second-order valence-corrected chi connectivity index (χ2v) is 11.5. The molecule has 2 aromatic rings. The van der Waals surface area contributed by atoms with E-state index in [-0.39, 0.29) is 11.3 Å². The third-order valence-corrected chi connectivity index (χ3v) is 7.21. The molecule has 0 spiro atoms. The molecule has 0 bridgehead atoms. The van der Waals surface area contributed by atoms with Gasteiger partial charge in [-0.15, -0.1) is 11.3 Å². The Hall–Kier alpha value is -1.87. The normalized spacial score (nSPS) is 14.0. The summed E-state index contributed by atoms with van der Waals surface area (Å²) < 4.78 is 1.72. The predicted octanol–water partition coefficient (Wildman–Crippen LogP) is 4.10. The van der Waals surface area contributed by atoms with Crippen molar-refractivity contribution in [1.29, 1.82) is 0 Å². The highest BCUT2D eigenvalue weighted by atomic mass is 32.2. The van der Waals surface area contributed by atoms with Crippen LogP contribution < -0.4 is 16.2 Å². The Morgan fingerprint density at radius 1 is 1.23 bits per heavy atom. The third-order valence-electron chi connectivity index (χ3n) is 5.04. The van der Waals surface area contributed by atoms with Gasteiger partial charge in [0.2, 0.25) is 5.91 Å². The van der Waals surface area contributed by atoms with Crippen molar-refractivity contribution >= 4 is 45.3 Å². The number of rotatable bonds is 6. The second-order valence-electron chi connectivity index (χ2n) is 9.47. The second kappa shape index (κ2) is 9.73. The van der Waals surface area contributed by atoms with Crippen molar-refractivity contribution in [1.82, 2.24) is 20.2 Å². The van der Waals surface area contributed by atoms with E-state index in [9.17, 15) is 14.4 Å². The maximum atomic E-state index is 13.4. The number of imide groups is 1. The van der Waals surface area contributed by atoms with E-state index in [1.54, 1.807) is 15.9 Å². The number of nitrogens with one attached hydrogen (secondary N) is 2. The van der Waals surface area contributed by atoms with Crippen LogP contribution in [0.25, 0.3) is 10.2 Å². The molecule has 170 valence electrons. The predicted molar refractivity (Wildman–Crippen MR) is 127 cm³/mol. The first kappa shape index (κ1) is 23.8. The first-order chi connectivity index (χ1) is 14.5. The number of amides is 3. The molecule has 0 radical (unpaired) electrons. The van der Waals surface area contributed by atoms with Crippen LogP contribution in [-0.2, 0) is 24.2 Å². The Bertz CT molecular complexity index is 1030. The minimum absolute atomic E-state index is 0.00145. The largest absolute Gasteiger partial charge is 0.333 e. The Labute approximate surface area is 191 Å². The van der Waals surface area contributed by atoms with Crippen molar-refractivity contribution in [3.63, 3.8) is 0 Å². The third kappa shape index (κ3) is 6.10. The van der Waals surface area contributed by atoms with E-state index < -0.39 is 17.5 Å². The number of urea groups is 1. The number of carbonyl (C=O) groups is 2. The van der Waals surface area contributed by atoms with E-state index in [1.165, 1.54) is 22.2 Å². The summed E-state index contributed by atoms with van der Waals surface area (Å²) in [6.45, 7) is 10.4. The van der Waals surface area contributed by atoms with Crippen molar-refractivity contribution in [3.8, 4) is 0 Å². The van der Waals surface area contributed by atoms with Gasteiger partial charge in [0, 0.05) is 17.0 Å². The lowest BCUT2D eigenvalue weighted by Gasteiger charge is -2.20. The Kier molecular flexibility index (Phi) is 7.47. The molecule has 0 aliphatic heterocycles. The van der Waals surface area contributed by atoms with Crippen LogP contribution in [0.5, 0.6) is 0 Å². The summed E-state index contributed by atoms with van der Waals surface area (Å²) in [6.07, 6.45) is 5.06. The SMILES string of the molecule is CC(C)CCn1c(SCC(=O)NC(=O)NC(C)(C)C)nc2sc3c(c2c1=O)CCCC3. The fourth-order valence-electron chi connectivity index (χ4n) is 3.58. The number of nitrogens with zero attached hydrogens (tertiary/aromatic N) is 2. The lowest BCUT2D eigenvalue weighted by molar-refractivity contribution is -0.117. The number of hydrogen-bond donors (Lipinski definition) is 2. The smallest absolute Gasteiger partial charge is 0.321 e. The minimum atomic E-state index is -0.523. The zero-order chi connectivity index (χ0) is 22.8. The van der Waals surface area contributed by atoms with E-state index >= 15 is 0 Å². The average Bonchev–Trinajstić information content (AvgIpc) is 3.02. The fraction of sp³-hybridized carbons (Fsp3) is 0.636. The molecule has 1 aliphatic carbocycles. The molecule has 0 aromatic carbocycles. The standard InChI is InChI=1S/C22H32N4O3S2/c1-13(2)10-11-26-19(28)17-14-8-6-7-9-15(14)31-18(17)24-21(26)30-12-16(27)23-20(29)25-22(3,4)5/h13H,6-12H2,1-5H3,(H2,23,25,27,29). The molecule has 0 saturated heterocycles. The molecule has 1 aliphatic rings. The lowest BCUT2D eigenvalue weighted by atomic mass is 9.97. The Morgan fingerprint density at radius 2 is 1.94 bits per heavy atom. The number of thiophene rings is 1. The molecular weight excluding hydrogens is 432 g/mol. The zero-order valence-corrected chi connectivity index (χ0v) is 20.6. The van der Waals surface area contributed by atoms with Gasteiger partial charge in [0.05, 0.1) is 11.1 Å². The quantitative estimate of drug-likeness (QED) is 0.496. The average molecular weight is 465 g/mol. The van der Waals surface area contributed by atoms with Crippen LogP contribution in [0.1, 0.15) is 64.3 Å². The summed E-state index contributed by atoms with van der Waals surface area (Å²) in [5.41, 5.74) is 0.744. The first-order valence-corrected chi connectivity index (χ1v) is 12.6. The van der Waals surface area contributed by atoms with Gasteiger partial charge in [-0.2, -0.15) is 0 Å². The number of hydrogen-bond acceptors (Lipinski definition) is 6. The molecule has 3 rings (SSSR count). The number of aromatic nitrogens is 2. The number of fused-ring (bicyclic) bond motifs is 3. The zero-order valence-electron chi connectivity index (χ0n) is 19.0. The van der Waals surface area contributed by atoms with Crippen LogP contribution in [-0.4, -0.2) is 32.8 Å². The summed E-state index contributed by atoms with van der Waals surface area (Å²) in [5, 5.41) is 6.36. The number of thioether (sulfide) groups is 1. The highest BCUT2D eigenvalue weighted by Crippen LogP contribution is 2.34. The minimum Gasteiger partial charge on any atom is -0.333 e. The summed E-state index contributed by atoms with van der Waals surface area (Å²) >= 11 is 2.82. The van der Waals surface area contributed by atoms with Crippen LogP contribution >= 0.6 is 23.1 Å². The summed E-state index contributed by atoms with van der Waals surface area (Å²) in [6, 6.07) is -0.523. The molecule has 0 fully saturated rings. The van der Waals surface area contributed by atoms with E-state index in [0.29, 0.717) is 17.6 Å². The van der Waals surface area contributed by atoms with E-state index in [0.717, 1.165) is 42.3 Å². The van der Waals surface area contributed by atoms with E-state index in [1.807, 2.05) is 20.8 Å². The van der Waals surface area contributed by atoms with Gasteiger partial charge in [-0.3, -0.25) is 19.5 Å². The van der Waals surface area contributed by atoms with Gasteiger partial charge in [-0.1, -0.05) is 25.6 Å². The fourth-order valence-corrected chi connectivity index (χ4v) is 5.71. The summed E-state index contributed by atoms with van der Waals surface area (Å²) in [5.74, 6) is 0.0469. The van der Waals surface area contributed by atoms with Gasteiger partial charge < -0.3 is 5.32 Å². The molecular formula is C22H32N4O3S2. The highest BCUT2D eigenvalue weighted by Gasteiger charge is 2.23. The number of aryl methyl sites for hydroxylation is 2. The number of carbonyl (C=O) groups excluding carboxylic acids is 2. The van der Waals surface area contributed by atoms with Crippen molar-refractivity contribution < 1.29 is 9.59 Å². The van der Waals surface area contributed by atoms with Gasteiger partial charge in [-0.25, -0.2) is 9.78 Å². The van der Waals surface area contributed by atoms with Gasteiger partial charge in [0.1, 0.15) is 4.83 Å². The lowest BCUT2D eigenvalue weighted by Crippen LogP contribution is -2.48. The topological polar surface area (TPSA) is 93.1 Å².